The smallest absolute Gasteiger partial charge is 0.213 e. The largest absolute Gasteiger partial charge is 0.491 e. The van der Waals surface area contributed by atoms with E-state index in [-0.39, 0.29) is 11.5 Å². The molecule has 0 amide bonds. The van der Waals surface area contributed by atoms with E-state index in [4.69, 9.17) is 15.2 Å². The molecule has 2 rings (SSSR count). The van der Waals surface area contributed by atoms with Crippen LogP contribution in [0.3, 0.4) is 0 Å². The van der Waals surface area contributed by atoms with Crippen molar-refractivity contribution >= 4 is 0 Å². The van der Waals surface area contributed by atoms with Crippen LogP contribution < -0.4 is 15.2 Å². The third-order valence-electron chi connectivity index (χ3n) is 2.80. The van der Waals surface area contributed by atoms with E-state index in [1.54, 1.807) is 6.20 Å². The molecule has 1 aliphatic carbocycles. The van der Waals surface area contributed by atoms with Gasteiger partial charge in [0.2, 0.25) is 5.88 Å². The van der Waals surface area contributed by atoms with Gasteiger partial charge in [-0.1, -0.05) is 20.8 Å². The van der Waals surface area contributed by atoms with Crippen molar-refractivity contribution in [1.82, 2.24) is 4.98 Å². The lowest BCUT2D eigenvalue weighted by Gasteiger charge is -2.32. The zero-order valence-corrected chi connectivity index (χ0v) is 11.3. The zero-order valence-electron chi connectivity index (χ0n) is 11.3. The monoisotopic (exact) mass is 250 g/mol. The number of hydrogen-bond donors (Lipinski definition) is 1. The third kappa shape index (κ3) is 3.88. The maximum atomic E-state index is 5.71. The lowest BCUT2D eigenvalue weighted by atomic mass is 9.90. The molecular formula is C14H22N2O2. The van der Waals surface area contributed by atoms with Crippen LogP contribution in [0.15, 0.2) is 18.3 Å². The summed E-state index contributed by atoms with van der Waals surface area (Å²) in [5.74, 6) is 1.43. The molecule has 1 aromatic heterocycles. The van der Waals surface area contributed by atoms with E-state index < -0.39 is 0 Å². The number of hydrogen-bond acceptors (Lipinski definition) is 4. The highest BCUT2D eigenvalue weighted by molar-refractivity contribution is 5.23. The van der Waals surface area contributed by atoms with Gasteiger partial charge in [-0.05, 0) is 24.3 Å². The Balaban J connectivity index is 1.82. The molecule has 0 aliphatic heterocycles. The van der Waals surface area contributed by atoms with Gasteiger partial charge >= 0.3 is 0 Å². The average Bonchev–Trinajstić information content (AvgIpc) is 2.25. The van der Waals surface area contributed by atoms with Crippen LogP contribution in [0, 0.1) is 5.41 Å². The molecule has 100 valence electrons. The molecule has 2 N–H and O–H groups in total. The summed E-state index contributed by atoms with van der Waals surface area (Å²) < 4.78 is 11.3. The normalized spacial score (nSPS) is 23.3. The maximum Gasteiger partial charge on any atom is 0.213 e. The number of aromatic nitrogens is 1. The van der Waals surface area contributed by atoms with E-state index in [1.807, 2.05) is 12.1 Å². The molecule has 1 aliphatic rings. The fraction of sp³-hybridized carbons (Fsp3) is 0.643. The molecule has 0 aromatic carbocycles. The fourth-order valence-corrected chi connectivity index (χ4v) is 1.69. The summed E-state index contributed by atoms with van der Waals surface area (Å²) in [6.07, 6.45) is 3.78. The van der Waals surface area contributed by atoms with Crippen LogP contribution in [0.4, 0.5) is 0 Å². The molecule has 1 saturated carbocycles. The summed E-state index contributed by atoms with van der Waals surface area (Å²) in [4.78, 5) is 4.24. The Bertz CT molecular complexity index is 378. The topological polar surface area (TPSA) is 57.4 Å². The molecule has 0 atom stereocenters. The number of nitrogens with two attached hydrogens (primary N) is 1. The predicted molar refractivity (Wildman–Crippen MR) is 70.8 cm³/mol. The quantitative estimate of drug-likeness (QED) is 0.891. The van der Waals surface area contributed by atoms with Gasteiger partial charge in [0.1, 0.15) is 11.9 Å². The number of nitrogens with zero attached hydrogens (tertiary/aromatic N) is 1. The summed E-state index contributed by atoms with van der Waals surface area (Å²) in [6, 6.07) is 4.04. The van der Waals surface area contributed by atoms with Crippen LogP contribution in [0.2, 0.25) is 0 Å². The number of pyridine rings is 1. The fourth-order valence-electron chi connectivity index (χ4n) is 1.69. The second-order valence-electron chi connectivity index (χ2n) is 6.15. The first-order valence-corrected chi connectivity index (χ1v) is 6.43. The molecule has 0 unspecified atom stereocenters. The highest BCUT2D eigenvalue weighted by Crippen LogP contribution is 2.24. The molecule has 1 fully saturated rings. The van der Waals surface area contributed by atoms with Crippen molar-refractivity contribution < 1.29 is 9.47 Å². The summed E-state index contributed by atoms with van der Waals surface area (Å²) in [6.45, 7) is 7.08. The van der Waals surface area contributed by atoms with Crippen molar-refractivity contribution in [2.24, 2.45) is 11.1 Å². The summed E-state index contributed by atoms with van der Waals surface area (Å²) >= 11 is 0. The Morgan fingerprint density at radius 1 is 1.33 bits per heavy atom. The van der Waals surface area contributed by atoms with E-state index in [9.17, 15) is 0 Å². The van der Waals surface area contributed by atoms with Crippen LogP contribution in [0.1, 0.15) is 33.6 Å². The number of rotatable bonds is 4. The lowest BCUT2D eigenvalue weighted by molar-refractivity contribution is 0.0955. The molecule has 0 radical (unpaired) electrons. The Labute approximate surface area is 108 Å². The van der Waals surface area contributed by atoms with Gasteiger partial charge in [0, 0.05) is 12.1 Å². The highest BCUT2D eigenvalue weighted by Gasteiger charge is 2.27. The standard InChI is InChI=1S/C14H22N2O2/c1-14(2,3)9-17-11-4-5-13(16-8-11)18-12-6-10(15)7-12/h4-5,8,10,12H,6-7,9,15H2,1-3H3/t10-,12+. The minimum absolute atomic E-state index is 0.150. The number of ether oxygens (including phenoxy) is 2. The lowest BCUT2D eigenvalue weighted by Crippen LogP contribution is -2.43. The van der Waals surface area contributed by atoms with E-state index in [1.165, 1.54) is 0 Å². The van der Waals surface area contributed by atoms with Crippen molar-refractivity contribution in [3.63, 3.8) is 0 Å². The van der Waals surface area contributed by atoms with E-state index >= 15 is 0 Å². The van der Waals surface area contributed by atoms with Crippen molar-refractivity contribution in [3.8, 4) is 11.6 Å². The Hall–Kier alpha value is -1.29. The van der Waals surface area contributed by atoms with Gasteiger partial charge in [0.25, 0.3) is 0 Å². The van der Waals surface area contributed by atoms with Crippen molar-refractivity contribution in [3.05, 3.63) is 18.3 Å². The SMILES string of the molecule is CC(C)(C)COc1ccc(O[C@H]2C[C@@H](N)C2)nc1. The average molecular weight is 250 g/mol. The van der Waals surface area contributed by atoms with Crippen molar-refractivity contribution in [1.29, 1.82) is 0 Å². The van der Waals surface area contributed by atoms with E-state index in [0.717, 1.165) is 18.6 Å². The molecule has 18 heavy (non-hydrogen) atoms. The van der Waals surface area contributed by atoms with Gasteiger partial charge < -0.3 is 15.2 Å². The highest BCUT2D eigenvalue weighted by atomic mass is 16.5. The first-order chi connectivity index (χ1) is 8.42. The molecule has 1 aromatic rings. The molecule has 4 nitrogen and oxygen atoms in total. The second kappa shape index (κ2) is 5.14. The summed E-state index contributed by atoms with van der Waals surface area (Å²) in [5, 5.41) is 0. The third-order valence-corrected chi connectivity index (χ3v) is 2.80. The minimum atomic E-state index is 0.150. The molecule has 1 heterocycles. The van der Waals surface area contributed by atoms with Crippen LogP contribution in [0.25, 0.3) is 0 Å². The predicted octanol–water partition coefficient (Wildman–Crippen LogP) is 2.38. The molecule has 0 spiro atoms. The second-order valence-corrected chi connectivity index (χ2v) is 6.15. The van der Waals surface area contributed by atoms with E-state index in [0.29, 0.717) is 18.5 Å². The van der Waals surface area contributed by atoms with Crippen LogP contribution in [-0.4, -0.2) is 23.7 Å². The Morgan fingerprint density at radius 2 is 2.06 bits per heavy atom. The van der Waals surface area contributed by atoms with Crippen molar-refractivity contribution in [2.45, 2.75) is 45.8 Å². The maximum absolute atomic E-state index is 5.71. The van der Waals surface area contributed by atoms with E-state index in [2.05, 4.69) is 25.8 Å². The molecular weight excluding hydrogens is 228 g/mol. The first kappa shape index (κ1) is 13.1. The molecule has 0 bridgehead atoms. The van der Waals surface area contributed by atoms with Gasteiger partial charge in [-0.15, -0.1) is 0 Å². The van der Waals surface area contributed by atoms with Gasteiger partial charge in [0.05, 0.1) is 12.8 Å². The van der Waals surface area contributed by atoms with Crippen LogP contribution >= 0.6 is 0 Å². The first-order valence-electron chi connectivity index (χ1n) is 6.43. The Kier molecular flexibility index (Phi) is 3.76. The van der Waals surface area contributed by atoms with Crippen molar-refractivity contribution in [2.75, 3.05) is 6.61 Å². The summed E-state index contributed by atoms with van der Waals surface area (Å²) in [7, 11) is 0. The van der Waals surface area contributed by atoms with Gasteiger partial charge in [-0.3, -0.25) is 0 Å². The zero-order chi connectivity index (χ0) is 13.2. The Morgan fingerprint density at radius 3 is 2.56 bits per heavy atom. The van der Waals surface area contributed by atoms with Gasteiger partial charge in [-0.25, -0.2) is 4.98 Å². The van der Waals surface area contributed by atoms with Crippen LogP contribution in [0.5, 0.6) is 11.6 Å². The summed E-state index contributed by atoms with van der Waals surface area (Å²) in [5.41, 5.74) is 5.86. The van der Waals surface area contributed by atoms with Crippen LogP contribution in [-0.2, 0) is 0 Å². The van der Waals surface area contributed by atoms with Gasteiger partial charge in [-0.2, -0.15) is 0 Å². The molecule has 4 heteroatoms. The van der Waals surface area contributed by atoms with Gasteiger partial charge in [0.15, 0.2) is 0 Å². The minimum Gasteiger partial charge on any atom is -0.491 e. The molecule has 0 saturated heterocycles.